The highest BCUT2D eigenvalue weighted by Crippen LogP contribution is 2.21. The topological polar surface area (TPSA) is 52.0 Å². The van der Waals surface area contributed by atoms with Gasteiger partial charge in [-0.2, -0.15) is 0 Å². The molecule has 4 N–H and O–H groups in total. The predicted octanol–water partition coefficient (Wildman–Crippen LogP) is 3.51. The summed E-state index contributed by atoms with van der Waals surface area (Å²) in [4.78, 5) is 0. The van der Waals surface area contributed by atoms with Gasteiger partial charge in [-0.05, 0) is 48.2 Å². The molecule has 0 aliphatic carbocycles. The Balaban J connectivity index is 2.27. The number of rotatable bonds is 3. The van der Waals surface area contributed by atoms with E-state index in [9.17, 15) is 0 Å². The average molecular weight is 252 g/mol. The van der Waals surface area contributed by atoms with Gasteiger partial charge in [0, 0.05) is 17.8 Å². The summed E-state index contributed by atoms with van der Waals surface area (Å²) >= 11 is 0. The first kappa shape index (κ1) is 13.2. The van der Waals surface area contributed by atoms with E-state index >= 15 is 0 Å². The molecule has 0 unspecified atom stereocenters. The van der Waals surface area contributed by atoms with E-state index in [1.807, 2.05) is 36.4 Å². The summed E-state index contributed by atoms with van der Waals surface area (Å²) in [7, 11) is 0. The van der Waals surface area contributed by atoms with Crippen molar-refractivity contribution in [3.63, 3.8) is 0 Å². The molecule has 2 heteroatoms. The normalized spacial score (nSPS) is 12.1. The largest absolute Gasteiger partial charge is 0.402 e. The van der Waals surface area contributed by atoms with Crippen LogP contribution in [0.2, 0.25) is 0 Å². The van der Waals surface area contributed by atoms with Crippen LogP contribution in [0.5, 0.6) is 0 Å². The number of allylic oxidation sites excluding steroid dienone is 2. The highest BCUT2D eigenvalue weighted by atomic mass is 14.6. The summed E-state index contributed by atoms with van der Waals surface area (Å²) in [6.45, 7) is 4.18. The van der Waals surface area contributed by atoms with E-state index in [0.29, 0.717) is 0 Å². The first-order chi connectivity index (χ1) is 9.08. The first-order valence-corrected chi connectivity index (χ1v) is 6.43. The molecule has 0 radical (unpaired) electrons. The van der Waals surface area contributed by atoms with Gasteiger partial charge in [0.1, 0.15) is 0 Å². The number of nitrogens with two attached hydrogens (primary N) is 2. The van der Waals surface area contributed by atoms with Crippen LogP contribution in [0.15, 0.2) is 54.2 Å². The van der Waals surface area contributed by atoms with Gasteiger partial charge in [0.05, 0.1) is 0 Å². The van der Waals surface area contributed by atoms with Crippen molar-refractivity contribution in [2.24, 2.45) is 5.73 Å². The lowest BCUT2D eigenvalue weighted by Gasteiger charge is -2.11. The van der Waals surface area contributed by atoms with Gasteiger partial charge in [0.2, 0.25) is 0 Å². The number of hydrogen-bond acceptors (Lipinski definition) is 2. The fourth-order valence-electron chi connectivity index (χ4n) is 2.15. The SMILES string of the molecule is C/C(=C(/N)Cc1ccc(N)cc1)c1ccccc1C. The van der Waals surface area contributed by atoms with Gasteiger partial charge in [0.25, 0.3) is 0 Å². The summed E-state index contributed by atoms with van der Waals surface area (Å²) in [6.07, 6.45) is 0.750. The van der Waals surface area contributed by atoms with E-state index < -0.39 is 0 Å². The molecule has 98 valence electrons. The smallest absolute Gasteiger partial charge is 0.0314 e. The lowest BCUT2D eigenvalue weighted by molar-refractivity contribution is 1.11. The van der Waals surface area contributed by atoms with Crippen molar-refractivity contribution in [2.45, 2.75) is 20.3 Å². The molecule has 2 rings (SSSR count). The van der Waals surface area contributed by atoms with Gasteiger partial charge in [0.15, 0.2) is 0 Å². The van der Waals surface area contributed by atoms with Crippen LogP contribution in [-0.2, 0) is 6.42 Å². The molecular weight excluding hydrogens is 232 g/mol. The molecule has 0 saturated heterocycles. The summed E-state index contributed by atoms with van der Waals surface area (Å²) in [6, 6.07) is 16.2. The zero-order valence-corrected chi connectivity index (χ0v) is 11.5. The molecule has 0 spiro atoms. The maximum absolute atomic E-state index is 6.24. The number of benzene rings is 2. The van der Waals surface area contributed by atoms with Crippen molar-refractivity contribution in [3.8, 4) is 0 Å². The van der Waals surface area contributed by atoms with Crippen LogP contribution >= 0.6 is 0 Å². The highest BCUT2D eigenvalue weighted by molar-refractivity contribution is 5.69. The molecule has 0 atom stereocenters. The minimum absolute atomic E-state index is 0.750. The lowest BCUT2D eigenvalue weighted by Crippen LogP contribution is -2.05. The fraction of sp³-hybridized carbons (Fsp3) is 0.176. The van der Waals surface area contributed by atoms with Gasteiger partial charge in [-0.1, -0.05) is 36.4 Å². The molecule has 19 heavy (non-hydrogen) atoms. The van der Waals surface area contributed by atoms with Crippen LogP contribution in [0.25, 0.3) is 5.57 Å². The fourth-order valence-corrected chi connectivity index (χ4v) is 2.15. The number of aryl methyl sites for hydroxylation is 1. The molecule has 0 aromatic heterocycles. The Morgan fingerprint density at radius 1 is 1.00 bits per heavy atom. The van der Waals surface area contributed by atoms with E-state index in [1.54, 1.807) is 0 Å². The second-order valence-corrected chi connectivity index (χ2v) is 4.88. The van der Waals surface area contributed by atoms with Crippen molar-refractivity contribution in [3.05, 3.63) is 70.9 Å². The van der Waals surface area contributed by atoms with E-state index in [4.69, 9.17) is 11.5 Å². The molecule has 0 saturated carbocycles. The Labute approximate surface area is 114 Å². The van der Waals surface area contributed by atoms with Crippen LogP contribution in [-0.4, -0.2) is 0 Å². The molecule has 0 amide bonds. The van der Waals surface area contributed by atoms with Crippen molar-refractivity contribution in [1.29, 1.82) is 0 Å². The van der Waals surface area contributed by atoms with Crippen LogP contribution in [0.1, 0.15) is 23.6 Å². The Kier molecular flexibility index (Phi) is 3.91. The monoisotopic (exact) mass is 252 g/mol. The van der Waals surface area contributed by atoms with Gasteiger partial charge in [-0.25, -0.2) is 0 Å². The second-order valence-electron chi connectivity index (χ2n) is 4.88. The van der Waals surface area contributed by atoms with Crippen LogP contribution in [0.4, 0.5) is 5.69 Å². The molecule has 0 aliphatic rings. The van der Waals surface area contributed by atoms with Gasteiger partial charge in [-0.3, -0.25) is 0 Å². The van der Waals surface area contributed by atoms with Crippen LogP contribution in [0, 0.1) is 6.92 Å². The Morgan fingerprint density at radius 2 is 1.63 bits per heavy atom. The average Bonchev–Trinajstić information content (AvgIpc) is 2.41. The van der Waals surface area contributed by atoms with E-state index in [2.05, 4.69) is 26.0 Å². The Bertz CT molecular complexity index is 595. The first-order valence-electron chi connectivity index (χ1n) is 6.43. The third kappa shape index (κ3) is 3.16. The molecule has 2 aromatic rings. The minimum Gasteiger partial charge on any atom is -0.402 e. The van der Waals surface area contributed by atoms with Crippen molar-refractivity contribution < 1.29 is 0 Å². The maximum Gasteiger partial charge on any atom is 0.0314 e. The Hall–Kier alpha value is -2.22. The molecule has 2 nitrogen and oxygen atoms in total. The summed E-state index contributed by atoms with van der Waals surface area (Å²) in [5.41, 5.74) is 18.4. The third-order valence-corrected chi connectivity index (χ3v) is 3.41. The zero-order chi connectivity index (χ0) is 13.8. The molecule has 0 heterocycles. The molecule has 0 bridgehead atoms. The van der Waals surface area contributed by atoms with Gasteiger partial charge in [-0.15, -0.1) is 0 Å². The number of nitrogen functional groups attached to an aromatic ring is 1. The summed E-state index contributed by atoms with van der Waals surface area (Å²) in [5, 5.41) is 0. The predicted molar refractivity (Wildman–Crippen MR) is 82.5 cm³/mol. The maximum atomic E-state index is 6.24. The van der Waals surface area contributed by atoms with E-state index in [0.717, 1.165) is 23.4 Å². The third-order valence-electron chi connectivity index (χ3n) is 3.41. The van der Waals surface area contributed by atoms with Gasteiger partial charge >= 0.3 is 0 Å². The lowest BCUT2D eigenvalue weighted by atomic mass is 9.98. The molecular formula is C17H20N2. The number of hydrogen-bond donors (Lipinski definition) is 2. The van der Waals surface area contributed by atoms with Crippen molar-refractivity contribution in [2.75, 3.05) is 5.73 Å². The highest BCUT2D eigenvalue weighted by Gasteiger charge is 2.05. The Morgan fingerprint density at radius 3 is 2.26 bits per heavy atom. The molecule has 0 aliphatic heterocycles. The van der Waals surface area contributed by atoms with Crippen LogP contribution in [0.3, 0.4) is 0 Å². The second kappa shape index (κ2) is 5.61. The van der Waals surface area contributed by atoms with Crippen LogP contribution < -0.4 is 11.5 Å². The summed E-state index contributed by atoms with van der Waals surface area (Å²) < 4.78 is 0. The zero-order valence-electron chi connectivity index (χ0n) is 11.5. The minimum atomic E-state index is 0.750. The summed E-state index contributed by atoms with van der Waals surface area (Å²) in [5.74, 6) is 0. The van der Waals surface area contributed by atoms with Crippen molar-refractivity contribution in [1.82, 2.24) is 0 Å². The molecule has 0 fully saturated rings. The van der Waals surface area contributed by atoms with Gasteiger partial charge < -0.3 is 11.5 Å². The standard InChI is InChI=1S/C17H20N2/c1-12-5-3-4-6-16(12)13(2)17(19)11-14-7-9-15(18)10-8-14/h3-10H,11,18-19H2,1-2H3/b17-13-. The van der Waals surface area contributed by atoms with E-state index in [-0.39, 0.29) is 0 Å². The van der Waals surface area contributed by atoms with E-state index in [1.165, 1.54) is 16.7 Å². The quantitative estimate of drug-likeness (QED) is 0.821. The van der Waals surface area contributed by atoms with Crippen molar-refractivity contribution >= 4 is 11.3 Å². The molecule has 2 aromatic carbocycles. The number of anilines is 1.